The van der Waals surface area contributed by atoms with E-state index in [1.54, 1.807) is 0 Å². The van der Waals surface area contributed by atoms with Crippen molar-refractivity contribution >= 4 is 46.9 Å². The Morgan fingerprint density at radius 1 is 0.750 bits per heavy atom. The number of rotatable bonds is 9. The first-order valence-electron chi connectivity index (χ1n) is 11.1. The number of esters is 2. The molecule has 0 aliphatic carbocycles. The molecule has 0 heterocycles. The van der Waals surface area contributed by atoms with Crippen LogP contribution in [0.25, 0.3) is 5.57 Å². The van der Waals surface area contributed by atoms with Gasteiger partial charge in [-0.2, -0.15) is 0 Å². The molecule has 1 aromatic rings. The standard InChI is InChI=1S/C24H42O4Si4/c1-19(23(25)27-2)18-21(20-16-14-13-15-17-20)22(24(26)28-3)32(29(4,5)6,30(7,8)9)31(10,11)12/h13-17H,1,18H2,2-12H3/b22-21-. The lowest BCUT2D eigenvalue weighted by Gasteiger charge is -2.58. The number of allylic oxidation sites excluding steroid dienone is 1. The van der Waals surface area contributed by atoms with Crippen molar-refractivity contribution in [1.29, 1.82) is 0 Å². The highest BCUT2D eigenvalue weighted by Gasteiger charge is 2.65. The Bertz CT molecular complexity index is 849. The van der Waals surface area contributed by atoms with Gasteiger partial charge in [-0.25, -0.2) is 9.59 Å². The zero-order valence-electron chi connectivity index (χ0n) is 21.9. The van der Waals surface area contributed by atoms with Crippen LogP contribution in [0.2, 0.25) is 58.9 Å². The summed E-state index contributed by atoms with van der Waals surface area (Å²) in [6.45, 7) is 23.6. The maximum atomic E-state index is 13.8. The second-order valence-corrected chi connectivity index (χ2v) is 51.7. The van der Waals surface area contributed by atoms with E-state index in [2.05, 4.69) is 65.5 Å². The van der Waals surface area contributed by atoms with Crippen molar-refractivity contribution < 1.29 is 19.1 Å². The highest BCUT2D eigenvalue weighted by atomic mass is 29.9. The molecule has 8 heteroatoms. The number of benzene rings is 1. The Labute approximate surface area is 198 Å². The second-order valence-electron chi connectivity index (χ2n) is 11.5. The molecule has 178 valence electrons. The summed E-state index contributed by atoms with van der Waals surface area (Å²) in [5.41, 5.74) is 2.23. The van der Waals surface area contributed by atoms with Crippen LogP contribution in [0.4, 0.5) is 0 Å². The summed E-state index contributed by atoms with van der Waals surface area (Å²) in [4.78, 5) is 26.2. The Hall–Kier alpha value is -1.49. The average molecular weight is 507 g/mol. The van der Waals surface area contributed by atoms with Crippen molar-refractivity contribution in [3.63, 3.8) is 0 Å². The molecular formula is C24H42O4Si4. The topological polar surface area (TPSA) is 52.6 Å². The van der Waals surface area contributed by atoms with Crippen LogP contribution in [0.5, 0.6) is 0 Å². The smallest absolute Gasteiger partial charge is 0.333 e. The summed E-state index contributed by atoms with van der Waals surface area (Å²) in [6.07, 6.45) is 0.287. The molecule has 0 amide bonds. The first kappa shape index (κ1) is 28.5. The van der Waals surface area contributed by atoms with E-state index >= 15 is 0 Å². The molecule has 0 aromatic heterocycles. The maximum absolute atomic E-state index is 13.8. The maximum Gasteiger partial charge on any atom is 0.333 e. The first-order chi connectivity index (χ1) is 14.5. The van der Waals surface area contributed by atoms with Gasteiger partial charge in [-0.3, -0.25) is 0 Å². The zero-order valence-corrected chi connectivity index (χ0v) is 25.9. The number of ether oxygens (including phenoxy) is 2. The van der Waals surface area contributed by atoms with Gasteiger partial charge in [-0.05, 0) is 11.1 Å². The molecule has 1 rings (SSSR count). The van der Waals surface area contributed by atoms with Gasteiger partial charge in [-0.15, -0.1) is 0 Å². The summed E-state index contributed by atoms with van der Waals surface area (Å²) >= 11 is 0. The number of carbonyl (C=O) groups is 2. The Morgan fingerprint density at radius 3 is 1.50 bits per heavy atom. The highest BCUT2D eigenvalue weighted by molar-refractivity contribution is 7.91. The van der Waals surface area contributed by atoms with Gasteiger partial charge in [0.25, 0.3) is 0 Å². The molecule has 0 saturated heterocycles. The molecule has 0 N–H and O–H groups in total. The quantitative estimate of drug-likeness (QED) is 0.235. The average Bonchev–Trinajstić information content (AvgIpc) is 2.66. The van der Waals surface area contributed by atoms with E-state index in [0.29, 0.717) is 5.57 Å². The molecular weight excluding hydrogens is 465 g/mol. The Morgan fingerprint density at radius 2 is 1.16 bits per heavy atom. The van der Waals surface area contributed by atoms with Crippen LogP contribution >= 0.6 is 0 Å². The van der Waals surface area contributed by atoms with Gasteiger partial charge in [0.1, 0.15) is 0 Å². The summed E-state index contributed by atoms with van der Waals surface area (Å²) < 4.78 is 10.5. The minimum absolute atomic E-state index is 0.222. The van der Waals surface area contributed by atoms with Crippen molar-refractivity contribution in [2.75, 3.05) is 14.2 Å². The third-order valence-corrected chi connectivity index (χ3v) is 77.4. The van der Waals surface area contributed by atoms with Crippen LogP contribution < -0.4 is 0 Å². The fourth-order valence-corrected chi connectivity index (χ4v) is 107. The van der Waals surface area contributed by atoms with Crippen LogP contribution in [0.15, 0.2) is 47.7 Å². The summed E-state index contributed by atoms with van der Waals surface area (Å²) in [5.74, 6) is -0.663. The number of hydrogen-bond acceptors (Lipinski definition) is 4. The minimum atomic E-state index is -2.34. The fraction of sp³-hybridized carbons (Fsp3) is 0.500. The molecule has 0 aliphatic rings. The largest absolute Gasteiger partial charge is 0.466 e. The lowest BCUT2D eigenvalue weighted by atomic mass is 9.98. The van der Waals surface area contributed by atoms with Gasteiger partial charge in [0.15, 0.2) is 0 Å². The molecule has 0 unspecified atom stereocenters. The van der Waals surface area contributed by atoms with E-state index in [0.717, 1.165) is 16.3 Å². The Balaban J connectivity index is 4.35. The molecule has 0 aliphatic heterocycles. The minimum Gasteiger partial charge on any atom is -0.466 e. The van der Waals surface area contributed by atoms with E-state index in [1.807, 2.05) is 30.3 Å². The molecule has 0 atom stereocenters. The van der Waals surface area contributed by atoms with Crippen molar-refractivity contribution in [2.24, 2.45) is 0 Å². The monoisotopic (exact) mass is 506 g/mol. The Kier molecular flexibility index (Phi) is 9.09. The SMILES string of the molecule is C=C(C/C(=C(\C(=O)OC)[Si]([Si](C)(C)C)([Si](C)(C)C)[Si](C)(C)C)c1ccccc1)C(=O)OC. The van der Waals surface area contributed by atoms with Crippen LogP contribution in [-0.4, -0.2) is 55.6 Å². The predicted molar refractivity (Wildman–Crippen MR) is 147 cm³/mol. The third kappa shape index (κ3) is 5.35. The van der Waals surface area contributed by atoms with Gasteiger partial charge in [0.05, 0.1) is 20.8 Å². The van der Waals surface area contributed by atoms with Crippen LogP contribution in [0.1, 0.15) is 12.0 Å². The first-order valence-corrected chi connectivity index (χ1v) is 26.6. The zero-order chi connectivity index (χ0) is 25.1. The lowest BCUT2D eigenvalue weighted by molar-refractivity contribution is -0.136. The molecule has 0 saturated carbocycles. The number of hydrogen-bond donors (Lipinski definition) is 0. The van der Waals surface area contributed by atoms with Crippen molar-refractivity contribution in [3.8, 4) is 0 Å². The van der Waals surface area contributed by atoms with Crippen LogP contribution in [0.3, 0.4) is 0 Å². The lowest BCUT2D eigenvalue weighted by Crippen LogP contribution is -2.84. The fourth-order valence-electron chi connectivity index (χ4n) is 6.51. The van der Waals surface area contributed by atoms with Crippen molar-refractivity contribution in [1.82, 2.24) is 0 Å². The van der Waals surface area contributed by atoms with E-state index in [9.17, 15) is 9.59 Å². The summed E-state index contributed by atoms with van der Waals surface area (Å²) in [7, 11) is -2.77. The van der Waals surface area contributed by atoms with Gasteiger partial charge in [0.2, 0.25) is 0 Å². The van der Waals surface area contributed by atoms with E-state index in [-0.39, 0.29) is 12.4 Å². The van der Waals surface area contributed by atoms with Crippen molar-refractivity contribution in [2.45, 2.75) is 65.3 Å². The molecule has 4 nitrogen and oxygen atoms in total. The number of carbonyl (C=O) groups excluding carboxylic acids is 2. The molecule has 0 bridgehead atoms. The van der Waals surface area contributed by atoms with Gasteiger partial charge < -0.3 is 9.47 Å². The van der Waals surface area contributed by atoms with E-state index in [4.69, 9.17) is 9.47 Å². The van der Waals surface area contributed by atoms with Gasteiger partial charge in [0, 0.05) is 40.0 Å². The predicted octanol–water partition coefficient (Wildman–Crippen LogP) is 5.97. The van der Waals surface area contributed by atoms with E-state index < -0.39 is 35.4 Å². The highest BCUT2D eigenvalue weighted by Crippen LogP contribution is 2.46. The molecule has 0 spiro atoms. The molecule has 0 fully saturated rings. The molecule has 0 radical (unpaired) electrons. The van der Waals surface area contributed by atoms with Crippen LogP contribution in [-0.2, 0) is 19.1 Å². The summed E-state index contributed by atoms with van der Waals surface area (Å²) in [5, 5.41) is 0.911. The summed E-state index contributed by atoms with van der Waals surface area (Å²) in [6, 6.07) is 9.98. The van der Waals surface area contributed by atoms with Gasteiger partial charge in [-0.1, -0.05) is 95.8 Å². The van der Waals surface area contributed by atoms with Crippen molar-refractivity contribution in [3.05, 3.63) is 53.2 Å². The molecule has 1 aromatic carbocycles. The third-order valence-electron chi connectivity index (χ3n) is 6.43. The normalized spacial score (nSPS) is 13.8. The van der Waals surface area contributed by atoms with E-state index in [1.165, 1.54) is 14.2 Å². The van der Waals surface area contributed by atoms with Gasteiger partial charge >= 0.3 is 11.9 Å². The second kappa shape index (κ2) is 10.2. The number of methoxy groups -OCH3 is 2. The molecule has 32 heavy (non-hydrogen) atoms. The van der Waals surface area contributed by atoms with Crippen LogP contribution in [0, 0.1) is 0 Å².